The maximum atomic E-state index is 9.00. The fraction of sp³-hybridized carbons (Fsp3) is 0. The topological polar surface area (TPSA) is 15.3 Å². The van der Waals surface area contributed by atoms with Gasteiger partial charge in [-0.2, -0.15) is 0 Å². The third kappa shape index (κ3) is 4.29. The van der Waals surface area contributed by atoms with E-state index in [1.807, 2.05) is 84.9 Å². The summed E-state index contributed by atoms with van der Waals surface area (Å²) in [6.07, 6.45) is 0. The number of fused-ring (bicyclic) bond motifs is 12. The molecule has 0 unspecified atom stereocenters. The molecule has 4 heterocycles. The molecule has 0 spiro atoms. The molecule has 4 aromatic heterocycles. The van der Waals surface area contributed by atoms with Gasteiger partial charge in [-0.15, -0.1) is 0 Å². The zero-order chi connectivity index (χ0) is 46.6. The van der Waals surface area contributed by atoms with Crippen LogP contribution in [0.25, 0.3) is 76.2 Å². The van der Waals surface area contributed by atoms with Gasteiger partial charge in [-0.25, -0.2) is 0 Å². The van der Waals surface area contributed by atoms with Crippen LogP contribution in [0.3, 0.4) is 0 Å². The Labute approximate surface area is 348 Å². The smallest absolute Gasteiger partial charge is 0.0645 e. The van der Waals surface area contributed by atoms with Crippen LogP contribution in [0.4, 0.5) is 34.1 Å². The minimum absolute atomic E-state index is 0.0589. The molecule has 0 fully saturated rings. The van der Waals surface area contributed by atoms with Crippen molar-refractivity contribution in [3.63, 3.8) is 0 Å². The lowest BCUT2D eigenvalue weighted by atomic mass is 10.0. The fourth-order valence-corrected chi connectivity index (χ4v) is 9.38. The van der Waals surface area contributed by atoms with Crippen molar-refractivity contribution < 1.29 is 13.7 Å². The van der Waals surface area contributed by atoms with E-state index in [1.165, 1.54) is 0 Å². The first-order chi connectivity index (χ1) is 32.9. The van der Waals surface area contributed by atoms with Gasteiger partial charge >= 0.3 is 0 Å². The van der Waals surface area contributed by atoms with E-state index in [0.29, 0.717) is 22.7 Å². The monoisotopic (exact) mass is 748 g/mol. The van der Waals surface area contributed by atoms with Gasteiger partial charge in [0, 0.05) is 77.2 Å². The molecule has 13 aromatic rings. The van der Waals surface area contributed by atoms with Crippen molar-refractivity contribution in [2.24, 2.45) is 0 Å². The van der Waals surface area contributed by atoms with E-state index in [9.17, 15) is 0 Å². The van der Waals surface area contributed by atoms with E-state index >= 15 is 0 Å². The zero-order valence-corrected chi connectivity index (χ0v) is 30.6. The van der Waals surface area contributed by atoms with E-state index in [1.54, 1.807) is 9.80 Å². The third-order valence-electron chi connectivity index (χ3n) is 11.7. The van der Waals surface area contributed by atoms with E-state index < -0.39 is 36.3 Å². The van der Waals surface area contributed by atoms with Gasteiger partial charge in [-0.1, -0.05) is 121 Å². The van der Waals surface area contributed by atoms with Crippen molar-refractivity contribution in [2.45, 2.75) is 0 Å². The Morgan fingerprint density at radius 2 is 0.672 bits per heavy atom. The van der Waals surface area contributed by atoms with Crippen LogP contribution < -0.4 is 9.80 Å². The number of hydrogen-bond acceptors (Lipinski definition) is 2. The predicted molar refractivity (Wildman–Crippen MR) is 245 cm³/mol. The lowest BCUT2D eigenvalue weighted by molar-refractivity contribution is 1.28. The summed E-state index contributed by atoms with van der Waals surface area (Å²) in [6.45, 7) is 0. The van der Waals surface area contributed by atoms with Crippen molar-refractivity contribution in [2.75, 3.05) is 9.80 Å². The first-order valence-corrected chi connectivity index (χ1v) is 19.1. The second kappa shape index (κ2) is 11.8. The number of anilines is 6. The van der Waals surface area contributed by atoms with Gasteiger partial charge in [-0.3, -0.25) is 0 Å². The second-order valence-corrected chi connectivity index (χ2v) is 14.7. The molecule has 13 rings (SSSR count). The van der Waals surface area contributed by atoms with Gasteiger partial charge in [0.1, 0.15) is 0 Å². The lowest BCUT2D eigenvalue weighted by Gasteiger charge is -2.25. The molecule has 0 amide bonds. The minimum atomic E-state index is -0.451. The Bertz CT molecular complexity index is 3950. The van der Waals surface area contributed by atoms with Crippen molar-refractivity contribution >= 4 is 110 Å². The van der Waals surface area contributed by atoms with Gasteiger partial charge in [0.15, 0.2) is 0 Å². The van der Waals surface area contributed by atoms with Gasteiger partial charge in [0.05, 0.1) is 46.8 Å². The molecule has 0 saturated carbocycles. The molecule has 270 valence electrons. The standard InChI is InChI=1S/C54H34N4/c1-5-15-35(16-6-1)55(36-17-7-2-8-18-36)39-27-29-41-43-23-13-25-45-47-34-52-48(33-51(47)57(53(43)45)49(41)31-39)46-26-14-24-44-42-30-28-40(32-50(42)58(52)54(44)46)56(37-19-9-3-10-20-37)38-21-11-4-12-22-38/h1-34H/i1D,3D,5D,6D,9D,10D,15D,16D,19D,20D. The Balaban J connectivity index is 1.08. The molecule has 4 heteroatoms. The summed E-state index contributed by atoms with van der Waals surface area (Å²) in [7, 11) is 0. The Hall–Kier alpha value is -7.82. The van der Waals surface area contributed by atoms with Crippen molar-refractivity contribution in [1.29, 1.82) is 0 Å². The van der Waals surface area contributed by atoms with Crippen LogP contribution in [0.5, 0.6) is 0 Å². The van der Waals surface area contributed by atoms with Crippen molar-refractivity contribution in [1.82, 2.24) is 8.80 Å². The molecule has 9 aromatic carbocycles. The molecule has 4 nitrogen and oxygen atoms in total. The Kier molecular flexibility index (Phi) is 4.76. The van der Waals surface area contributed by atoms with Crippen molar-refractivity contribution in [3.8, 4) is 0 Å². The van der Waals surface area contributed by atoms with Crippen LogP contribution in [0.2, 0.25) is 0 Å². The van der Waals surface area contributed by atoms with Crippen molar-refractivity contribution in [3.05, 3.63) is 206 Å². The predicted octanol–water partition coefficient (Wildman–Crippen LogP) is 14.9. The number of hydrogen-bond donors (Lipinski definition) is 0. The fourth-order valence-electron chi connectivity index (χ4n) is 9.38. The molecule has 58 heavy (non-hydrogen) atoms. The Morgan fingerprint density at radius 1 is 0.293 bits per heavy atom. The first kappa shape index (κ1) is 23.3. The number of aromatic nitrogens is 2. The quantitative estimate of drug-likeness (QED) is 0.168. The molecule has 0 N–H and O–H groups in total. The number of para-hydroxylation sites is 6. The maximum Gasteiger partial charge on any atom is 0.0645 e. The van der Waals surface area contributed by atoms with Crippen LogP contribution in [0.1, 0.15) is 13.7 Å². The average molecular weight is 749 g/mol. The molecule has 0 aliphatic heterocycles. The number of nitrogens with zero attached hydrogens (tertiary/aromatic N) is 4. The lowest BCUT2D eigenvalue weighted by Crippen LogP contribution is -2.09. The third-order valence-corrected chi connectivity index (χ3v) is 11.7. The molecular formula is C54H34N4. The molecule has 0 aliphatic rings. The zero-order valence-electron chi connectivity index (χ0n) is 40.6. The second-order valence-electron chi connectivity index (χ2n) is 14.7. The van der Waals surface area contributed by atoms with E-state index in [2.05, 4.69) is 69.5 Å². The summed E-state index contributed by atoms with van der Waals surface area (Å²) in [6, 6.07) is 44.2. The van der Waals surface area contributed by atoms with Gasteiger partial charge < -0.3 is 18.6 Å². The van der Waals surface area contributed by atoms with Crippen LogP contribution in [-0.4, -0.2) is 8.80 Å². The van der Waals surface area contributed by atoms with Crippen LogP contribution in [-0.2, 0) is 0 Å². The van der Waals surface area contributed by atoms with Gasteiger partial charge in [0.2, 0.25) is 0 Å². The summed E-state index contributed by atoms with van der Waals surface area (Å²) >= 11 is 0. The number of rotatable bonds is 6. The summed E-state index contributed by atoms with van der Waals surface area (Å²) in [4.78, 5) is 3.49. The van der Waals surface area contributed by atoms with Crippen LogP contribution >= 0.6 is 0 Å². The maximum absolute atomic E-state index is 9.00. The van der Waals surface area contributed by atoms with Crippen LogP contribution in [0.15, 0.2) is 206 Å². The first-order valence-electron chi connectivity index (χ1n) is 24.1. The summed E-state index contributed by atoms with van der Waals surface area (Å²) in [5.74, 6) is 0. The van der Waals surface area contributed by atoms with E-state index in [0.717, 1.165) is 76.2 Å². The number of benzene rings is 9. The highest BCUT2D eigenvalue weighted by molar-refractivity contribution is 6.29. The average Bonchev–Trinajstić information content (AvgIpc) is 4.09. The molecule has 0 saturated heterocycles. The highest BCUT2D eigenvalue weighted by atomic mass is 15.1. The van der Waals surface area contributed by atoms with Crippen LogP contribution in [0, 0.1) is 0 Å². The molecular weight excluding hydrogens is 705 g/mol. The summed E-state index contributed by atoms with van der Waals surface area (Å²) in [5.41, 5.74) is 8.54. The molecule has 0 aliphatic carbocycles. The SMILES string of the molecule is [2H]c1c([2H])c([2H])c(N(c2ccccc2)c2ccc3c4cccc5c6cc7c(cc6n(c3c2)c45)c2cccc3c4ccc(N(c5ccccc5)c5c([2H])c([2H])c([2H])c([2H])c5[2H])cc4n7c32)c([2H])c1[2H]. The largest absolute Gasteiger partial charge is 0.310 e. The highest BCUT2D eigenvalue weighted by Gasteiger charge is 2.24. The van der Waals surface area contributed by atoms with E-state index in [-0.39, 0.29) is 35.5 Å². The van der Waals surface area contributed by atoms with Gasteiger partial charge in [-0.05, 0) is 84.8 Å². The minimum Gasteiger partial charge on any atom is -0.310 e. The normalized spacial score (nSPS) is 14.6. The molecule has 0 atom stereocenters. The highest BCUT2D eigenvalue weighted by Crippen LogP contribution is 2.47. The molecule has 0 bridgehead atoms. The summed E-state index contributed by atoms with van der Waals surface area (Å²) < 4.78 is 91.4. The summed E-state index contributed by atoms with van der Waals surface area (Å²) in [5, 5.41) is 8.33. The molecule has 0 radical (unpaired) electrons. The van der Waals surface area contributed by atoms with Gasteiger partial charge in [0.25, 0.3) is 0 Å². The Morgan fingerprint density at radius 3 is 1.09 bits per heavy atom. The van der Waals surface area contributed by atoms with E-state index in [4.69, 9.17) is 13.7 Å².